The third-order valence-corrected chi connectivity index (χ3v) is 4.70. The predicted molar refractivity (Wildman–Crippen MR) is 86.2 cm³/mol. The molecule has 0 radical (unpaired) electrons. The summed E-state index contributed by atoms with van der Waals surface area (Å²) < 4.78 is 24.5. The summed E-state index contributed by atoms with van der Waals surface area (Å²) in [6.07, 6.45) is 1.09. The Morgan fingerprint density at radius 1 is 1.33 bits per heavy atom. The van der Waals surface area contributed by atoms with Gasteiger partial charge in [-0.2, -0.15) is 4.31 Å². The molecule has 0 unspecified atom stereocenters. The van der Waals surface area contributed by atoms with E-state index in [0.717, 1.165) is 21.7 Å². The van der Waals surface area contributed by atoms with Crippen LogP contribution in [0.4, 0.5) is 5.69 Å². The molecule has 5 nitrogen and oxygen atoms in total. The third kappa shape index (κ3) is 4.98. The molecule has 0 aliphatic heterocycles. The number of rotatable bonds is 5. The van der Waals surface area contributed by atoms with Gasteiger partial charge in [-0.15, -0.1) is 0 Å². The van der Waals surface area contributed by atoms with Gasteiger partial charge in [-0.1, -0.05) is 17.7 Å². The van der Waals surface area contributed by atoms with Crippen molar-refractivity contribution in [1.29, 1.82) is 0 Å². The molecule has 1 aromatic rings. The molecule has 0 fully saturated rings. The minimum Gasteiger partial charge on any atom is -0.323 e. The number of nitrogens with zero attached hydrogens (tertiary/aromatic N) is 1. The zero-order chi connectivity index (χ0) is 16.4. The lowest BCUT2D eigenvalue weighted by atomic mass is 10.1. The first-order valence-electron chi connectivity index (χ1n) is 6.55. The van der Waals surface area contributed by atoms with Crippen molar-refractivity contribution in [1.82, 2.24) is 4.31 Å². The molecule has 0 bridgehead atoms. The van der Waals surface area contributed by atoms with Crippen molar-refractivity contribution in [3.63, 3.8) is 0 Å². The molecule has 0 saturated heterocycles. The van der Waals surface area contributed by atoms with E-state index in [1.807, 2.05) is 19.9 Å². The first-order valence-corrected chi connectivity index (χ1v) is 8.78. The van der Waals surface area contributed by atoms with Crippen LogP contribution in [0.5, 0.6) is 0 Å². The smallest absolute Gasteiger partial charge is 0.239 e. The monoisotopic (exact) mass is 332 g/mol. The number of hydrogen-bond acceptors (Lipinski definition) is 3. The lowest BCUT2D eigenvalue weighted by Crippen LogP contribution is -2.41. The lowest BCUT2D eigenvalue weighted by molar-refractivity contribution is -0.116. The molecule has 0 atom stereocenters. The number of anilines is 1. The van der Waals surface area contributed by atoms with Crippen LogP contribution < -0.4 is 5.32 Å². The maximum atomic E-state index is 12.1. The quantitative estimate of drug-likeness (QED) is 0.901. The molecule has 21 heavy (non-hydrogen) atoms. The van der Waals surface area contributed by atoms with Gasteiger partial charge in [-0.05, 0) is 44.9 Å². The van der Waals surface area contributed by atoms with E-state index in [9.17, 15) is 13.2 Å². The number of carbonyl (C=O) groups excluding carboxylic acids is 1. The molecule has 0 aromatic heterocycles. The van der Waals surface area contributed by atoms with E-state index in [-0.39, 0.29) is 12.6 Å². The first-order chi connectivity index (χ1) is 9.52. The predicted octanol–water partition coefficient (Wildman–Crippen LogP) is 2.57. The fourth-order valence-corrected chi connectivity index (χ4v) is 3.56. The van der Waals surface area contributed by atoms with Crippen LogP contribution >= 0.6 is 11.6 Å². The number of benzene rings is 1. The van der Waals surface area contributed by atoms with Crippen LogP contribution in [0.25, 0.3) is 0 Å². The van der Waals surface area contributed by atoms with Crippen molar-refractivity contribution < 1.29 is 13.2 Å². The average molecular weight is 333 g/mol. The Balaban J connectivity index is 2.92. The number of hydrogen-bond donors (Lipinski definition) is 1. The molecule has 0 spiro atoms. The SMILES string of the molecule is Cc1cc(C)c(NC(=O)CN(C(C)C)S(C)(=O)=O)c(Cl)c1. The topological polar surface area (TPSA) is 66.5 Å². The van der Waals surface area contributed by atoms with Crippen molar-refractivity contribution in [2.45, 2.75) is 33.7 Å². The zero-order valence-electron chi connectivity index (χ0n) is 12.9. The minimum absolute atomic E-state index is 0.236. The second-order valence-electron chi connectivity index (χ2n) is 5.39. The van der Waals surface area contributed by atoms with Crippen molar-refractivity contribution in [3.8, 4) is 0 Å². The lowest BCUT2D eigenvalue weighted by Gasteiger charge is -2.23. The van der Waals surface area contributed by atoms with Gasteiger partial charge in [-0.3, -0.25) is 4.79 Å². The molecule has 1 rings (SSSR count). The maximum Gasteiger partial charge on any atom is 0.239 e. The largest absolute Gasteiger partial charge is 0.323 e. The van der Waals surface area contributed by atoms with E-state index in [0.29, 0.717) is 10.7 Å². The number of aryl methyl sites for hydroxylation is 2. The van der Waals surface area contributed by atoms with E-state index in [4.69, 9.17) is 11.6 Å². The van der Waals surface area contributed by atoms with Crippen LogP contribution in [-0.4, -0.2) is 37.5 Å². The Kier molecular flexibility index (Phi) is 5.78. The number of halogens is 1. The normalized spacial score (nSPS) is 12.0. The number of carbonyl (C=O) groups is 1. The van der Waals surface area contributed by atoms with Crippen molar-refractivity contribution >= 4 is 33.2 Å². The average Bonchev–Trinajstić information content (AvgIpc) is 2.28. The molecule has 1 N–H and O–H groups in total. The van der Waals surface area contributed by atoms with Crippen molar-refractivity contribution in [2.75, 3.05) is 18.1 Å². The Labute approximate surface area is 131 Å². The molecule has 118 valence electrons. The Morgan fingerprint density at radius 2 is 1.90 bits per heavy atom. The highest BCUT2D eigenvalue weighted by atomic mass is 35.5. The molecule has 1 amide bonds. The van der Waals surface area contributed by atoms with Gasteiger partial charge in [0.05, 0.1) is 23.5 Å². The standard InChI is InChI=1S/C14H21ClN2O3S/c1-9(2)17(21(5,19)20)8-13(18)16-14-11(4)6-10(3)7-12(14)15/h6-7,9H,8H2,1-5H3,(H,16,18). The van der Waals surface area contributed by atoms with Gasteiger partial charge in [0.25, 0.3) is 0 Å². The molecule has 0 aliphatic carbocycles. The van der Waals surface area contributed by atoms with Gasteiger partial charge in [0.15, 0.2) is 0 Å². The van der Waals surface area contributed by atoms with Crippen LogP contribution in [0, 0.1) is 13.8 Å². The Hall–Kier alpha value is -1.11. The van der Waals surface area contributed by atoms with Gasteiger partial charge < -0.3 is 5.32 Å². The Morgan fingerprint density at radius 3 is 2.33 bits per heavy atom. The minimum atomic E-state index is -3.44. The summed E-state index contributed by atoms with van der Waals surface area (Å²) in [6.45, 7) is 6.96. The molecular weight excluding hydrogens is 312 g/mol. The second-order valence-corrected chi connectivity index (χ2v) is 7.73. The van der Waals surface area contributed by atoms with Gasteiger partial charge in [0, 0.05) is 6.04 Å². The fourth-order valence-electron chi connectivity index (χ4n) is 2.08. The summed E-state index contributed by atoms with van der Waals surface area (Å²) in [5.74, 6) is -0.414. The number of sulfonamides is 1. The highest BCUT2D eigenvalue weighted by Gasteiger charge is 2.23. The van der Waals surface area contributed by atoms with E-state index >= 15 is 0 Å². The highest BCUT2D eigenvalue weighted by Crippen LogP contribution is 2.27. The van der Waals surface area contributed by atoms with Gasteiger partial charge >= 0.3 is 0 Å². The fraction of sp³-hybridized carbons (Fsp3) is 0.500. The molecule has 0 heterocycles. The van der Waals surface area contributed by atoms with Gasteiger partial charge in [0.2, 0.25) is 15.9 Å². The summed E-state index contributed by atoms with van der Waals surface area (Å²) >= 11 is 6.12. The zero-order valence-corrected chi connectivity index (χ0v) is 14.5. The summed E-state index contributed by atoms with van der Waals surface area (Å²) in [7, 11) is -3.44. The van der Waals surface area contributed by atoms with Crippen LogP contribution in [0.3, 0.4) is 0 Å². The summed E-state index contributed by atoms with van der Waals surface area (Å²) in [5.41, 5.74) is 2.35. The van der Waals surface area contributed by atoms with Crippen LogP contribution in [0.2, 0.25) is 5.02 Å². The summed E-state index contributed by atoms with van der Waals surface area (Å²) in [5, 5.41) is 3.13. The summed E-state index contributed by atoms with van der Waals surface area (Å²) in [6, 6.07) is 3.36. The molecule has 0 saturated carbocycles. The van der Waals surface area contributed by atoms with Gasteiger partial charge in [0.1, 0.15) is 0 Å². The highest BCUT2D eigenvalue weighted by molar-refractivity contribution is 7.88. The molecule has 7 heteroatoms. The Bertz CT molecular complexity index is 619. The van der Waals surface area contributed by atoms with Gasteiger partial charge in [-0.25, -0.2) is 8.42 Å². The molecular formula is C14H21ClN2O3S. The maximum absolute atomic E-state index is 12.1. The summed E-state index contributed by atoms with van der Waals surface area (Å²) in [4.78, 5) is 12.1. The van der Waals surface area contributed by atoms with Crippen LogP contribution in [-0.2, 0) is 14.8 Å². The van der Waals surface area contributed by atoms with Crippen molar-refractivity contribution in [2.24, 2.45) is 0 Å². The van der Waals surface area contributed by atoms with E-state index in [1.165, 1.54) is 0 Å². The van der Waals surface area contributed by atoms with E-state index in [1.54, 1.807) is 19.9 Å². The van der Waals surface area contributed by atoms with E-state index < -0.39 is 15.9 Å². The van der Waals surface area contributed by atoms with Crippen molar-refractivity contribution in [3.05, 3.63) is 28.3 Å². The second kappa shape index (κ2) is 6.77. The molecule has 1 aromatic carbocycles. The number of nitrogens with one attached hydrogen (secondary N) is 1. The van der Waals surface area contributed by atoms with Crippen LogP contribution in [0.1, 0.15) is 25.0 Å². The third-order valence-electron chi connectivity index (χ3n) is 3.00. The first kappa shape index (κ1) is 17.9. The number of amides is 1. The van der Waals surface area contributed by atoms with E-state index in [2.05, 4.69) is 5.32 Å². The molecule has 0 aliphatic rings. The van der Waals surface area contributed by atoms with Crippen LogP contribution in [0.15, 0.2) is 12.1 Å².